The normalized spacial score (nSPS) is 21.6. The standard InChI is InChI=1S/C13H17NO4.ClH/c1-17-11-6-3-8(7-12(11)18-2)9-4-5-10(14-9)13(15)16;/h3,6-7,9-10,14H,4-5H2,1-2H3,(H,15,16);1H/t9?,10-;/m0./s1. The Morgan fingerprint density at radius 1 is 1.26 bits per heavy atom. The fraction of sp³-hybridized carbons (Fsp3) is 0.462. The number of carboxylic acid groups (broad SMARTS) is 1. The molecule has 1 unspecified atom stereocenters. The molecule has 0 spiro atoms. The van der Waals surface area contributed by atoms with Crippen LogP contribution in [0.5, 0.6) is 11.5 Å². The van der Waals surface area contributed by atoms with E-state index in [0.717, 1.165) is 12.0 Å². The zero-order chi connectivity index (χ0) is 13.1. The molecule has 0 aliphatic carbocycles. The number of aliphatic carboxylic acids is 1. The summed E-state index contributed by atoms with van der Waals surface area (Å²) in [4.78, 5) is 10.9. The van der Waals surface area contributed by atoms with Gasteiger partial charge in [0.2, 0.25) is 0 Å². The van der Waals surface area contributed by atoms with E-state index in [4.69, 9.17) is 14.6 Å². The van der Waals surface area contributed by atoms with Crippen molar-refractivity contribution < 1.29 is 19.4 Å². The molecular weight excluding hydrogens is 270 g/mol. The van der Waals surface area contributed by atoms with E-state index >= 15 is 0 Å². The first-order valence-electron chi connectivity index (χ1n) is 5.86. The fourth-order valence-electron chi connectivity index (χ4n) is 2.27. The van der Waals surface area contributed by atoms with E-state index in [0.29, 0.717) is 17.9 Å². The van der Waals surface area contributed by atoms with Gasteiger partial charge in [-0.2, -0.15) is 0 Å². The fourth-order valence-corrected chi connectivity index (χ4v) is 2.27. The summed E-state index contributed by atoms with van der Waals surface area (Å²) in [6.45, 7) is 0. The molecular formula is C13H18ClNO4. The first-order valence-corrected chi connectivity index (χ1v) is 5.86. The van der Waals surface area contributed by atoms with Crippen LogP contribution in [0, 0.1) is 0 Å². The largest absolute Gasteiger partial charge is 0.493 e. The highest BCUT2D eigenvalue weighted by Gasteiger charge is 2.29. The van der Waals surface area contributed by atoms with Crippen LogP contribution in [-0.2, 0) is 4.79 Å². The van der Waals surface area contributed by atoms with Gasteiger partial charge >= 0.3 is 5.97 Å². The summed E-state index contributed by atoms with van der Waals surface area (Å²) in [7, 11) is 3.18. The first kappa shape index (κ1) is 15.6. The van der Waals surface area contributed by atoms with Gasteiger partial charge in [0, 0.05) is 6.04 Å². The third-order valence-electron chi connectivity index (χ3n) is 3.25. The minimum Gasteiger partial charge on any atom is -0.493 e. The molecule has 0 aromatic heterocycles. The Hall–Kier alpha value is -1.46. The molecule has 2 N–H and O–H groups in total. The lowest BCUT2D eigenvalue weighted by molar-refractivity contribution is -0.139. The number of nitrogens with one attached hydrogen (secondary N) is 1. The summed E-state index contributed by atoms with van der Waals surface area (Å²) in [5, 5.41) is 12.1. The second kappa shape index (κ2) is 6.63. The third kappa shape index (κ3) is 3.30. The molecule has 1 fully saturated rings. The number of carbonyl (C=O) groups is 1. The Bertz CT molecular complexity index is 452. The Morgan fingerprint density at radius 2 is 1.95 bits per heavy atom. The van der Waals surface area contributed by atoms with E-state index in [1.807, 2.05) is 18.2 Å². The van der Waals surface area contributed by atoms with Gasteiger partial charge in [0.1, 0.15) is 6.04 Å². The zero-order valence-corrected chi connectivity index (χ0v) is 11.7. The third-order valence-corrected chi connectivity index (χ3v) is 3.25. The van der Waals surface area contributed by atoms with E-state index in [-0.39, 0.29) is 18.4 Å². The van der Waals surface area contributed by atoms with Crippen LogP contribution in [0.25, 0.3) is 0 Å². The lowest BCUT2D eigenvalue weighted by Crippen LogP contribution is -2.31. The van der Waals surface area contributed by atoms with Gasteiger partial charge in [-0.1, -0.05) is 6.07 Å². The summed E-state index contributed by atoms with van der Waals surface area (Å²) in [6, 6.07) is 5.27. The molecule has 1 saturated heterocycles. The van der Waals surface area contributed by atoms with Gasteiger partial charge in [0.25, 0.3) is 0 Å². The number of methoxy groups -OCH3 is 2. The van der Waals surface area contributed by atoms with E-state index in [1.165, 1.54) is 0 Å². The molecule has 1 aromatic rings. The van der Waals surface area contributed by atoms with E-state index in [1.54, 1.807) is 14.2 Å². The van der Waals surface area contributed by atoms with Crippen molar-refractivity contribution in [3.8, 4) is 11.5 Å². The number of carboxylic acids is 1. The molecule has 1 heterocycles. The molecule has 1 aromatic carbocycles. The van der Waals surface area contributed by atoms with Gasteiger partial charge in [0.15, 0.2) is 11.5 Å². The number of rotatable bonds is 4. The molecule has 0 bridgehead atoms. The quantitative estimate of drug-likeness (QED) is 0.886. The summed E-state index contributed by atoms with van der Waals surface area (Å²) in [6.07, 6.45) is 1.46. The van der Waals surface area contributed by atoms with Gasteiger partial charge in [-0.3, -0.25) is 10.1 Å². The van der Waals surface area contributed by atoms with Crippen LogP contribution < -0.4 is 14.8 Å². The number of halogens is 1. The number of hydrogen-bond acceptors (Lipinski definition) is 4. The predicted molar refractivity (Wildman–Crippen MR) is 73.3 cm³/mol. The monoisotopic (exact) mass is 287 g/mol. The molecule has 19 heavy (non-hydrogen) atoms. The number of ether oxygens (including phenoxy) is 2. The minimum absolute atomic E-state index is 0. The minimum atomic E-state index is -0.794. The van der Waals surface area contributed by atoms with Crippen LogP contribution in [0.1, 0.15) is 24.4 Å². The molecule has 0 amide bonds. The van der Waals surface area contributed by atoms with Crippen molar-refractivity contribution in [3.63, 3.8) is 0 Å². The highest BCUT2D eigenvalue weighted by atomic mass is 35.5. The van der Waals surface area contributed by atoms with Gasteiger partial charge in [-0.05, 0) is 30.5 Å². The molecule has 106 valence electrons. The van der Waals surface area contributed by atoms with Crippen molar-refractivity contribution in [1.82, 2.24) is 5.32 Å². The maximum atomic E-state index is 10.9. The molecule has 5 nitrogen and oxygen atoms in total. The Labute approximate surface area is 118 Å². The van der Waals surface area contributed by atoms with E-state index in [9.17, 15) is 4.79 Å². The van der Waals surface area contributed by atoms with Crippen LogP contribution in [0.3, 0.4) is 0 Å². The maximum absolute atomic E-state index is 10.9. The van der Waals surface area contributed by atoms with E-state index in [2.05, 4.69) is 5.32 Å². The van der Waals surface area contributed by atoms with Crippen LogP contribution in [0.4, 0.5) is 0 Å². The second-order valence-corrected chi connectivity index (χ2v) is 4.30. The molecule has 2 atom stereocenters. The van der Waals surface area contributed by atoms with Crippen LogP contribution >= 0.6 is 12.4 Å². The van der Waals surface area contributed by atoms with Crippen molar-refractivity contribution in [2.75, 3.05) is 14.2 Å². The zero-order valence-electron chi connectivity index (χ0n) is 10.9. The average molecular weight is 288 g/mol. The highest BCUT2D eigenvalue weighted by molar-refractivity contribution is 5.85. The van der Waals surface area contributed by atoms with Gasteiger partial charge in [-0.15, -0.1) is 12.4 Å². The van der Waals surface area contributed by atoms with Crippen molar-refractivity contribution in [3.05, 3.63) is 23.8 Å². The molecule has 2 rings (SSSR count). The van der Waals surface area contributed by atoms with Crippen LogP contribution in [-0.4, -0.2) is 31.3 Å². The average Bonchev–Trinajstić information content (AvgIpc) is 2.87. The number of hydrogen-bond donors (Lipinski definition) is 2. The van der Waals surface area contributed by atoms with Gasteiger partial charge in [-0.25, -0.2) is 0 Å². The first-order chi connectivity index (χ1) is 8.65. The molecule has 1 aliphatic heterocycles. The number of benzene rings is 1. The van der Waals surface area contributed by atoms with Crippen molar-refractivity contribution in [2.24, 2.45) is 0 Å². The highest BCUT2D eigenvalue weighted by Crippen LogP contribution is 2.33. The van der Waals surface area contributed by atoms with Crippen LogP contribution in [0.2, 0.25) is 0 Å². The van der Waals surface area contributed by atoms with Crippen molar-refractivity contribution in [2.45, 2.75) is 24.9 Å². The van der Waals surface area contributed by atoms with E-state index < -0.39 is 12.0 Å². The molecule has 6 heteroatoms. The molecule has 0 radical (unpaired) electrons. The Kier molecular flexibility index (Phi) is 5.44. The van der Waals surface area contributed by atoms with Gasteiger partial charge in [0.05, 0.1) is 14.2 Å². The van der Waals surface area contributed by atoms with Crippen LogP contribution in [0.15, 0.2) is 18.2 Å². The lowest BCUT2D eigenvalue weighted by atomic mass is 10.0. The summed E-state index contributed by atoms with van der Waals surface area (Å²) >= 11 is 0. The van der Waals surface area contributed by atoms with Gasteiger partial charge < -0.3 is 14.6 Å². The smallest absolute Gasteiger partial charge is 0.320 e. The topological polar surface area (TPSA) is 67.8 Å². The van der Waals surface area contributed by atoms with Crippen molar-refractivity contribution >= 4 is 18.4 Å². The SMILES string of the molecule is COc1ccc(C2CC[C@@H](C(=O)O)N2)cc1OC.Cl. The molecule has 0 saturated carbocycles. The Balaban J connectivity index is 0.00000180. The predicted octanol–water partition coefficient (Wildman–Crippen LogP) is 2.00. The summed E-state index contributed by atoms with van der Waals surface area (Å²) in [5.41, 5.74) is 1.02. The summed E-state index contributed by atoms with van der Waals surface area (Å²) < 4.78 is 10.4. The lowest BCUT2D eigenvalue weighted by Gasteiger charge is -2.15. The maximum Gasteiger partial charge on any atom is 0.320 e. The van der Waals surface area contributed by atoms with Crippen molar-refractivity contribution in [1.29, 1.82) is 0 Å². The summed E-state index contributed by atoms with van der Waals surface area (Å²) in [5.74, 6) is 0.544. The molecule has 1 aliphatic rings. The second-order valence-electron chi connectivity index (χ2n) is 4.30. The Morgan fingerprint density at radius 3 is 2.47 bits per heavy atom.